The Kier molecular flexibility index (Phi) is 8.23. The number of carbonyl (C=O) groups excluding carboxylic acids is 1. The van der Waals surface area contributed by atoms with Crippen LogP contribution in [0, 0.1) is 19.8 Å². The van der Waals surface area contributed by atoms with Crippen LogP contribution in [0.3, 0.4) is 0 Å². The van der Waals surface area contributed by atoms with E-state index in [2.05, 4.69) is 70.5 Å². The number of piperidine rings is 1. The topological polar surface area (TPSA) is 44.6 Å². The van der Waals surface area contributed by atoms with Crippen LogP contribution < -0.4 is 0 Å². The molecule has 2 amide bonds. The van der Waals surface area contributed by atoms with E-state index in [1.165, 1.54) is 43.4 Å². The normalized spacial score (nSPS) is 21.2. The molecule has 0 N–H and O–H groups in total. The average Bonchev–Trinajstić information content (AvgIpc) is 3.21. The number of nitrogens with zero attached hydrogens (tertiary/aromatic N) is 5. The number of unbranched alkanes of at least 4 members (excludes halogenated alkanes) is 1. The van der Waals surface area contributed by atoms with E-state index < -0.39 is 0 Å². The number of aryl methyl sites for hydroxylation is 1. The second-order valence-corrected chi connectivity index (χ2v) is 11.9. The smallest absolute Gasteiger partial charge is 0.320 e. The van der Waals surface area contributed by atoms with Gasteiger partial charge in [-0.1, -0.05) is 50.8 Å². The third kappa shape index (κ3) is 5.59. The van der Waals surface area contributed by atoms with Crippen LogP contribution >= 0.6 is 0 Å². The molecule has 2 saturated heterocycles. The van der Waals surface area contributed by atoms with Gasteiger partial charge in [0, 0.05) is 56.1 Å². The van der Waals surface area contributed by atoms with Gasteiger partial charge in [-0.05, 0) is 70.4 Å². The maximum atomic E-state index is 13.8. The van der Waals surface area contributed by atoms with Crippen molar-refractivity contribution in [2.75, 3.05) is 32.7 Å². The molecule has 37 heavy (non-hydrogen) atoms. The molecule has 1 spiro atoms. The number of rotatable bonds is 8. The Morgan fingerprint density at radius 1 is 0.973 bits per heavy atom. The predicted octanol–water partition coefficient (Wildman–Crippen LogP) is 6.33. The van der Waals surface area contributed by atoms with E-state index in [0.29, 0.717) is 11.9 Å². The number of benzene rings is 1. The average molecular weight is 506 g/mol. The van der Waals surface area contributed by atoms with E-state index in [9.17, 15) is 4.79 Å². The third-order valence-corrected chi connectivity index (χ3v) is 9.47. The number of hydrogen-bond acceptors (Lipinski definition) is 3. The molecule has 1 saturated carbocycles. The maximum Gasteiger partial charge on any atom is 0.320 e. The van der Waals surface area contributed by atoms with E-state index in [4.69, 9.17) is 5.10 Å². The predicted molar refractivity (Wildman–Crippen MR) is 150 cm³/mol. The lowest BCUT2D eigenvalue weighted by molar-refractivity contribution is -0.00834. The van der Waals surface area contributed by atoms with Crippen LogP contribution in [0.4, 0.5) is 4.79 Å². The van der Waals surface area contributed by atoms with Gasteiger partial charge in [-0.15, -0.1) is 0 Å². The number of hydrogen-bond donors (Lipinski definition) is 0. The molecular weight excluding hydrogens is 458 g/mol. The van der Waals surface area contributed by atoms with Crippen molar-refractivity contribution in [2.45, 2.75) is 97.1 Å². The Labute approximate surface area is 224 Å². The highest BCUT2D eigenvalue weighted by Crippen LogP contribution is 2.38. The van der Waals surface area contributed by atoms with Gasteiger partial charge in [0.15, 0.2) is 0 Å². The number of para-hydroxylation sites is 1. The maximum absolute atomic E-state index is 13.8. The summed E-state index contributed by atoms with van der Waals surface area (Å²) in [6.45, 7) is 12.5. The van der Waals surface area contributed by atoms with Crippen molar-refractivity contribution >= 4 is 6.03 Å². The number of amides is 2. The molecule has 0 bridgehead atoms. The van der Waals surface area contributed by atoms with Gasteiger partial charge in [-0.2, -0.15) is 5.10 Å². The van der Waals surface area contributed by atoms with Gasteiger partial charge in [-0.3, -0.25) is 4.90 Å². The van der Waals surface area contributed by atoms with Gasteiger partial charge >= 0.3 is 6.03 Å². The second kappa shape index (κ2) is 11.6. The molecule has 3 aliphatic rings. The number of aromatic nitrogens is 2. The second-order valence-electron chi connectivity index (χ2n) is 11.9. The standard InChI is InChI=1S/C31H47N5O/c1-4-5-19-35-30(37)34(23-27-12-8-6-9-13-27)22-18-31(35)16-20-33(21-17-31)24-29-25(2)32-36(26(29)3)28-14-10-7-11-15-28/h7,10-11,14-15,27H,4-6,8-9,12-13,16-24H2,1-3H3. The molecule has 1 aromatic heterocycles. The first kappa shape index (κ1) is 26.3. The van der Waals surface area contributed by atoms with Crippen molar-refractivity contribution in [1.82, 2.24) is 24.5 Å². The Morgan fingerprint density at radius 3 is 2.38 bits per heavy atom. The molecule has 202 valence electrons. The number of urea groups is 1. The van der Waals surface area contributed by atoms with Crippen molar-refractivity contribution in [2.24, 2.45) is 5.92 Å². The highest BCUT2D eigenvalue weighted by atomic mass is 16.2. The summed E-state index contributed by atoms with van der Waals surface area (Å²) in [5.74, 6) is 0.713. The minimum atomic E-state index is 0.0458. The van der Waals surface area contributed by atoms with E-state index in [-0.39, 0.29) is 5.54 Å². The van der Waals surface area contributed by atoms with Gasteiger partial charge in [0.2, 0.25) is 0 Å². The summed E-state index contributed by atoms with van der Waals surface area (Å²) < 4.78 is 2.09. The van der Waals surface area contributed by atoms with Crippen LogP contribution in [-0.2, 0) is 6.54 Å². The van der Waals surface area contributed by atoms with Crippen LogP contribution in [0.2, 0.25) is 0 Å². The fourth-order valence-electron chi connectivity index (χ4n) is 7.04. The number of carbonyl (C=O) groups is 1. The van der Waals surface area contributed by atoms with Crippen LogP contribution in [0.15, 0.2) is 30.3 Å². The highest BCUT2D eigenvalue weighted by molar-refractivity contribution is 5.76. The molecule has 1 aliphatic carbocycles. The third-order valence-electron chi connectivity index (χ3n) is 9.47. The molecular formula is C31H47N5O. The quantitative estimate of drug-likeness (QED) is 0.421. The summed E-state index contributed by atoms with van der Waals surface area (Å²) in [6.07, 6.45) is 12.2. The van der Waals surface area contributed by atoms with E-state index in [0.717, 1.165) is 82.8 Å². The monoisotopic (exact) mass is 505 g/mol. The summed E-state index contributed by atoms with van der Waals surface area (Å²) in [5, 5.41) is 4.87. The fraction of sp³-hybridized carbons (Fsp3) is 0.677. The van der Waals surface area contributed by atoms with Crippen molar-refractivity contribution < 1.29 is 4.79 Å². The molecule has 3 heterocycles. The SMILES string of the molecule is CCCCN1C(=O)N(CC2CCCCC2)CCC12CCN(Cc1c(C)nn(-c3ccccc3)c1C)CC2. The summed E-state index contributed by atoms with van der Waals surface area (Å²) in [7, 11) is 0. The molecule has 1 aromatic carbocycles. The highest BCUT2D eigenvalue weighted by Gasteiger charge is 2.46. The minimum absolute atomic E-state index is 0.0458. The molecule has 0 unspecified atom stereocenters. The molecule has 6 nitrogen and oxygen atoms in total. The largest absolute Gasteiger partial charge is 0.324 e. The molecule has 2 aromatic rings. The van der Waals surface area contributed by atoms with Gasteiger partial charge in [0.05, 0.1) is 11.4 Å². The van der Waals surface area contributed by atoms with Crippen LogP contribution in [0.1, 0.15) is 88.1 Å². The minimum Gasteiger partial charge on any atom is -0.324 e. The first-order chi connectivity index (χ1) is 18.0. The van der Waals surface area contributed by atoms with Crippen LogP contribution in [0.5, 0.6) is 0 Å². The van der Waals surface area contributed by atoms with Gasteiger partial charge in [0.1, 0.15) is 0 Å². The Bertz CT molecular complexity index is 1030. The van der Waals surface area contributed by atoms with Gasteiger partial charge in [0.25, 0.3) is 0 Å². The zero-order valence-electron chi connectivity index (χ0n) is 23.4. The fourth-order valence-corrected chi connectivity index (χ4v) is 7.04. The van der Waals surface area contributed by atoms with E-state index >= 15 is 0 Å². The number of likely N-dealkylation sites (tertiary alicyclic amines) is 1. The van der Waals surface area contributed by atoms with Crippen LogP contribution in [-0.4, -0.2) is 68.8 Å². The van der Waals surface area contributed by atoms with E-state index in [1.54, 1.807) is 0 Å². The zero-order chi connectivity index (χ0) is 25.8. The molecule has 0 radical (unpaired) electrons. The summed E-state index contributed by atoms with van der Waals surface area (Å²) in [4.78, 5) is 20.9. The summed E-state index contributed by atoms with van der Waals surface area (Å²) in [6, 6.07) is 10.8. The Hall–Kier alpha value is -2.34. The van der Waals surface area contributed by atoms with Crippen molar-refractivity contribution in [1.29, 1.82) is 0 Å². The van der Waals surface area contributed by atoms with Gasteiger partial charge < -0.3 is 9.80 Å². The molecule has 0 atom stereocenters. The lowest BCUT2D eigenvalue weighted by Gasteiger charge is -2.54. The summed E-state index contributed by atoms with van der Waals surface area (Å²) in [5.41, 5.74) is 4.87. The molecule has 3 fully saturated rings. The van der Waals surface area contributed by atoms with Gasteiger partial charge in [-0.25, -0.2) is 9.48 Å². The molecule has 5 rings (SSSR count). The van der Waals surface area contributed by atoms with Crippen LogP contribution in [0.25, 0.3) is 5.69 Å². The molecule has 6 heteroatoms. The lowest BCUT2D eigenvalue weighted by atomic mass is 9.80. The first-order valence-corrected chi connectivity index (χ1v) is 14.9. The Balaban J connectivity index is 1.24. The van der Waals surface area contributed by atoms with Crippen molar-refractivity contribution in [3.8, 4) is 5.69 Å². The lowest BCUT2D eigenvalue weighted by Crippen LogP contribution is -2.65. The zero-order valence-corrected chi connectivity index (χ0v) is 23.4. The van der Waals surface area contributed by atoms with Crippen molar-refractivity contribution in [3.63, 3.8) is 0 Å². The van der Waals surface area contributed by atoms with E-state index in [1.807, 2.05) is 0 Å². The summed E-state index contributed by atoms with van der Waals surface area (Å²) >= 11 is 0. The van der Waals surface area contributed by atoms with Crippen molar-refractivity contribution in [3.05, 3.63) is 47.3 Å². The Morgan fingerprint density at radius 2 is 1.68 bits per heavy atom. The molecule has 2 aliphatic heterocycles. The first-order valence-electron chi connectivity index (χ1n) is 14.9.